The van der Waals surface area contributed by atoms with Gasteiger partial charge in [-0.05, 0) is 58.4 Å². The number of aliphatic hydroxyl groups excluding tert-OH is 1. The van der Waals surface area contributed by atoms with Crippen molar-refractivity contribution in [1.29, 1.82) is 0 Å². The third kappa shape index (κ3) is 13.6. The molecule has 0 saturated carbocycles. The van der Waals surface area contributed by atoms with E-state index in [0.717, 1.165) is 82.5 Å². The van der Waals surface area contributed by atoms with Crippen molar-refractivity contribution >= 4 is 63.2 Å². The summed E-state index contributed by atoms with van der Waals surface area (Å²) in [5, 5.41) is 21.6. The number of carbonyl (C=O) groups excluding carboxylic acids is 5. The van der Waals surface area contributed by atoms with E-state index in [9.17, 15) is 29.1 Å². The first kappa shape index (κ1) is 54.8. The molecule has 20 heteroatoms. The molecule has 3 aromatic heterocycles. The number of fused-ring (bicyclic) bond motifs is 1. The molecule has 0 spiro atoms. The Morgan fingerprint density at radius 2 is 1.58 bits per heavy atom. The number of hydrogen-bond acceptors (Lipinski definition) is 15. The number of benzene rings is 3. The number of ether oxygens (including phenoxy) is 2. The van der Waals surface area contributed by atoms with E-state index in [1.807, 2.05) is 124 Å². The zero-order chi connectivity index (χ0) is 54.1. The van der Waals surface area contributed by atoms with Crippen LogP contribution in [0.1, 0.15) is 72.4 Å². The number of amides is 5. The summed E-state index contributed by atoms with van der Waals surface area (Å²) in [6.07, 6.45) is 2.75. The van der Waals surface area contributed by atoms with Crippen molar-refractivity contribution in [3.05, 3.63) is 136 Å². The molecule has 6 aromatic rings. The van der Waals surface area contributed by atoms with E-state index in [1.54, 1.807) is 27.8 Å². The Labute approximate surface area is 456 Å². The van der Waals surface area contributed by atoms with Gasteiger partial charge in [0.1, 0.15) is 23.9 Å². The van der Waals surface area contributed by atoms with Gasteiger partial charge >= 0.3 is 0 Å². The van der Waals surface area contributed by atoms with Gasteiger partial charge in [-0.15, -0.1) is 22.7 Å². The van der Waals surface area contributed by atoms with Crippen LogP contribution in [0.15, 0.2) is 108 Å². The van der Waals surface area contributed by atoms with Crippen molar-refractivity contribution in [3.63, 3.8) is 0 Å². The van der Waals surface area contributed by atoms with E-state index in [-0.39, 0.29) is 56.2 Å². The summed E-state index contributed by atoms with van der Waals surface area (Å²) >= 11 is 2.90. The van der Waals surface area contributed by atoms with E-state index < -0.39 is 35.6 Å². The Balaban J connectivity index is 0.662. The first-order chi connectivity index (χ1) is 37.2. The second-order valence-corrected chi connectivity index (χ2v) is 22.3. The fourth-order valence-corrected chi connectivity index (χ4v) is 11.3. The number of aryl methyl sites for hydroxylation is 1. The molecule has 404 valence electrons. The predicted molar refractivity (Wildman–Crippen MR) is 296 cm³/mol. The number of hydrogen-bond donors (Lipinski definition) is 4. The Bertz CT molecular complexity index is 2980. The second kappa shape index (κ2) is 25.0. The average Bonchev–Trinajstić information content (AvgIpc) is 4.30. The summed E-state index contributed by atoms with van der Waals surface area (Å²) in [5.41, 5.74) is 7.97. The van der Waals surface area contributed by atoms with Gasteiger partial charge in [-0.3, -0.25) is 34.2 Å². The molecule has 0 aliphatic carbocycles. The van der Waals surface area contributed by atoms with Crippen LogP contribution in [0.5, 0.6) is 0 Å². The normalized spacial score (nSPS) is 17.5. The monoisotopic (exact) mass is 1080 g/mol. The summed E-state index contributed by atoms with van der Waals surface area (Å²) in [6, 6.07) is 24.5. The van der Waals surface area contributed by atoms with Crippen LogP contribution < -0.4 is 20.9 Å². The predicted octanol–water partition coefficient (Wildman–Crippen LogP) is 6.33. The van der Waals surface area contributed by atoms with Gasteiger partial charge in [0.05, 0.1) is 48.6 Å². The van der Waals surface area contributed by atoms with Crippen molar-refractivity contribution in [3.8, 4) is 21.6 Å². The Hall–Kier alpha value is -6.94. The number of anilines is 2. The van der Waals surface area contributed by atoms with E-state index in [2.05, 4.69) is 35.7 Å². The molecule has 5 amide bonds. The molecule has 4 unspecified atom stereocenters. The average molecular weight is 1080 g/mol. The summed E-state index contributed by atoms with van der Waals surface area (Å²) in [7, 11) is 0. The molecule has 3 aliphatic heterocycles. The minimum atomic E-state index is -0.928. The highest BCUT2D eigenvalue weighted by atomic mass is 32.1. The molecule has 6 heterocycles. The van der Waals surface area contributed by atoms with Crippen LogP contribution in [-0.2, 0) is 41.7 Å². The highest BCUT2D eigenvalue weighted by molar-refractivity contribution is 7.14. The van der Waals surface area contributed by atoms with E-state index in [1.165, 1.54) is 16.2 Å². The van der Waals surface area contributed by atoms with Crippen molar-refractivity contribution < 1.29 is 38.6 Å². The van der Waals surface area contributed by atoms with Crippen LogP contribution in [-0.4, -0.2) is 148 Å². The molecule has 77 heavy (non-hydrogen) atoms. The van der Waals surface area contributed by atoms with Crippen molar-refractivity contribution in [2.45, 2.75) is 77.9 Å². The Kier molecular flexibility index (Phi) is 17.8. The number of β-amino-alcohol motifs (C(OH)–C–C–N with tert-alkyl or cyclic N) is 1. The number of nitrogens with zero attached hydrogens (tertiary/aromatic N) is 7. The molecule has 9 rings (SSSR count). The Morgan fingerprint density at radius 1 is 0.844 bits per heavy atom. The van der Waals surface area contributed by atoms with Crippen LogP contribution in [0.25, 0.3) is 21.6 Å². The van der Waals surface area contributed by atoms with E-state index in [0.29, 0.717) is 37.1 Å². The molecule has 4 atom stereocenters. The summed E-state index contributed by atoms with van der Waals surface area (Å²) in [6.45, 7) is 13.5. The van der Waals surface area contributed by atoms with Gasteiger partial charge in [-0.1, -0.05) is 87.5 Å². The van der Waals surface area contributed by atoms with Crippen molar-refractivity contribution in [2.75, 3.05) is 75.9 Å². The molecule has 3 aromatic carbocycles. The molecule has 3 aliphatic rings. The molecule has 2 fully saturated rings. The number of pyridine rings is 1. The lowest BCUT2D eigenvalue weighted by Crippen LogP contribution is -2.57. The fourth-order valence-electron chi connectivity index (χ4n) is 9.92. The largest absolute Gasteiger partial charge is 0.391 e. The standard InChI is InChI=1S/C57H66N10O8S2/c1-37-50(77-36-61-37)40-12-10-38(11-13-40)32-60-52(70)46-31-44(68)35-66(46)55(73)51(57(2,3)4)62-48(69)18-25-74-27-28-75-26-24-64-20-22-65(23-21-64)47-17-16-42(33-59-47)41-14-15-43-34-67(54(72)45(43)30-41)49(39-8-6-5-7-9-39)53(71)63-56-58-19-29-76-56/h5-17,19,29-30,33,36,44,46,49,51,68H,18,20-28,31-32,34-35H2,1-4H3,(H,60,70)(H,62,69)(H,58,63,71). The van der Waals surface area contributed by atoms with Crippen LogP contribution in [0.2, 0.25) is 0 Å². The quantitative estimate of drug-likeness (QED) is 0.0582. The SMILES string of the molecule is Cc1ncsc1-c1ccc(CNC(=O)C2CC(O)CN2C(=O)C(NC(=O)CCOCCOCCN2CCN(c3ccc(-c4ccc5c(c4)C(=O)N(C(C(=O)Nc4nccs4)c4ccccc4)C5)cn3)CC2)C(C)(C)C)cc1. The molecule has 0 radical (unpaired) electrons. The number of carbonyl (C=O) groups is 5. The maximum Gasteiger partial charge on any atom is 0.255 e. The van der Waals surface area contributed by atoms with Gasteiger partial charge in [0, 0.05) is 94.1 Å². The van der Waals surface area contributed by atoms with Crippen molar-refractivity contribution in [1.82, 2.24) is 40.3 Å². The molecular formula is C57H66N10O8S2. The Morgan fingerprint density at radius 3 is 2.27 bits per heavy atom. The fraction of sp³-hybridized carbons (Fsp3) is 0.404. The van der Waals surface area contributed by atoms with Gasteiger partial charge in [0.25, 0.3) is 11.8 Å². The van der Waals surface area contributed by atoms with Gasteiger partial charge in [-0.25, -0.2) is 15.0 Å². The number of rotatable bonds is 21. The van der Waals surface area contributed by atoms with Gasteiger partial charge < -0.3 is 39.9 Å². The zero-order valence-corrected chi connectivity index (χ0v) is 45.5. The molecule has 0 bridgehead atoms. The maximum atomic E-state index is 14.0. The lowest BCUT2D eigenvalue weighted by Gasteiger charge is -2.35. The molecule has 18 nitrogen and oxygen atoms in total. The maximum absolute atomic E-state index is 14.0. The molecule has 4 N–H and O–H groups in total. The van der Waals surface area contributed by atoms with Crippen molar-refractivity contribution in [2.24, 2.45) is 5.41 Å². The summed E-state index contributed by atoms with van der Waals surface area (Å²) < 4.78 is 11.6. The topological polar surface area (TPSA) is 212 Å². The first-order valence-electron chi connectivity index (χ1n) is 26.0. The highest BCUT2D eigenvalue weighted by Gasteiger charge is 2.44. The summed E-state index contributed by atoms with van der Waals surface area (Å²) in [4.78, 5) is 90.3. The first-order valence-corrected chi connectivity index (χ1v) is 27.8. The second-order valence-electron chi connectivity index (χ2n) is 20.6. The number of likely N-dealkylation sites (tertiary alicyclic amines) is 1. The number of aliphatic hydroxyl groups is 1. The summed E-state index contributed by atoms with van der Waals surface area (Å²) in [5.74, 6) is -0.765. The van der Waals surface area contributed by atoms with E-state index >= 15 is 0 Å². The minimum absolute atomic E-state index is 0.00349. The highest BCUT2D eigenvalue weighted by Crippen LogP contribution is 2.36. The van der Waals surface area contributed by atoms with Gasteiger partial charge in [0.15, 0.2) is 5.13 Å². The zero-order valence-electron chi connectivity index (χ0n) is 43.9. The van der Waals surface area contributed by atoms with Crippen LogP contribution in [0.4, 0.5) is 10.9 Å². The van der Waals surface area contributed by atoms with Crippen LogP contribution in [0.3, 0.4) is 0 Å². The van der Waals surface area contributed by atoms with Gasteiger partial charge in [-0.2, -0.15) is 0 Å². The molecular weight excluding hydrogens is 1020 g/mol. The van der Waals surface area contributed by atoms with Gasteiger partial charge in [0.2, 0.25) is 17.7 Å². The number of nitrogens with one attached hydrogen (secondary N) is 3. The number of piperazine rings is 1. The number of thiazole rings is 2. The third-order valence-corrected chi connectivity index (χ3v) is 15.8. The molecule has 2 saturated heterocycles. The minimum Gasteiger partial charge on any atom is -0.391 e. The van der Waals surface area contributed by atoms with Crippen LogP contribution in [0, 0.1) is 12.3 Å². The third-order valence-electron chi connectivity index (χ3n) is 14.2. The smallest absolute Gasteiger partial charge is 0.255 e. The number of aromatic nitrogens is 3. The van der Waals surface area contributed by atoms with Crippen LogP contribution >= 0.6 is 22.7 Å². The lowest BCUT2D eigenvalue weighted by atomic mass is 9.85. The van der Waals surface area contributed by atoms with E-state index in [4.69, 9.17) is 14.5 Å². The lowest BCUT2D eigenvalue weighted by molar-refractivity contribution is -0.144.